The molecule has 140 valence electrons. The molecule has 1 atom stereocenters. The van der Waals surface area contributed by atoms with Crippen molar-refractivity contribution in [1.82, 2.24) is 15.2 Å². The highest BCUT2D eigenvalue weighted by Crippen LogP contribution is 2.24. The van der Waals surface area contributed by atoms with Gasteiger partial charge in [0.2, 0.25) is 5.91 Å². The van der Waals surface area contributed by atoms with Crippen molar-refractivity contribution >= 4 is 17.2 Å². The zero-order valence-electron chi connectivity index (χ0n) is 15.8. The summed E-state index contributed by atoms with van der Waals surface area (Å²) in [4.78, 5) is 19.3. The summed E-state index contributed by atoms with van der Waals surface area (Å²) in [6, 6.07) is 9.01. The highest BCUT2D eigenvalue weighted by molar-refractivity contribution is 7.13. The van der Waals surface area contributed by atoms with Crippen molar-refractivity contribution in [1.29, 1.82) is 0 Å². The van der Waals surface area contributed by atoms with E-state index >= 15 is 0 Å². The van der Waals surface area contributed by atoms with Gasteiger partial charge in [-0.3, -0.25) is 4.79 Å². The second kappa shape index (κ2) is 9.28. The minimum atomic E-state index is 0.0674. The first-order chi connectivity index (χ1) is 12.6. The molecule has 3 rings (SSSR count). The first kappa shape index (κ1) is 19.1. The monoisotopic (exact) mass is 371 g/mol. The van der Waals surface area contributed by atoms with Crippen LogP contribution in [0.15, 0.2) is 29.6 Å². The molecule has 1 aliphatic heterocycles. The van der Waals surface area contributed by atoms with Crippen LogP contribution in [-0.4, -0.2) is 41.5 Å². The lowest BCUT2D eigenvalue weighted by Gasteiger charge is -2.33. The standard InChI is InChI=1S/C21H29N3OS/c1-16-7-5-9-18(13-16)21-23-19(15-26-21)14-20(25)22-10-6-12-24-11-4-3-8-17(24)2/h5,7,9,13,15,17H,3-4,6,8,10-12,14H2,1-2H3,(H,22,25). The number of carbonyl (C=O) groups excluding carboxylic acids is 1. The van der Waals surface area contributed by atoms with Gasteiger partial charge in [0.15, 0.2) is 0 Å². The molecule has 0 saturated carbocycles. The average Bonchev–Trinajstić information content (AvgIpc) is 3.08. The van der Waals surface area contributed by atoms with Crippen molar-refractivity contribution in [2.24, 2.45) is 0 Å². The Morgan fingerprint density at radius 3 is 3.08 bits per heavy atom. The molecule has 4 nitrogen and oxygen atoms in total. The largest absolute Gasteiger partial charge is 0.356 e. The van der Waals surface area contributed by atoms with Crippen molar-refractivity contribution in [3.63, 3.8) is 0 Å². The quantitative estimate of drug-likeness (QED) is 0.747. The van der Waals surface area contributed by atoms with Crippen LogP contribution in [0.3, 0.4) is 0 Å². The van der Waals surface area contributed by atoms with E-state index in [1.807, 2.05) is 11.4 Å². The maximum atomic E-state index is 12.2. The predicted octanol–water partition coefficient (Wildman–Crippen LogP) is 4.04. The fourth-order valence-corrected chi connectivity index (χ4v) is 4.34. The third-order valence-corrected chi connectivity index (χ3v) is 5.98. The van der Waals surface area contributed by atoms with E-state index in [9.17, 15) is 4.79 Å². The van der Waals surface area contributed by atoms with Crippen LogP contribution in [-0.2, 0) is 11.2 Å². The van der Waals surface area contributed by atoms with E-state index in [2.05, 4.69) is 47.2 Å². The summed E-state index contributed by atoms with van der Waals surface area (Å²) in [7, 11) is 0. The molecule has 1 aromatic heterocycles. The number of carbonyl (C=O) groups is 1. The molecule has 2 heterocycles. The second-order valence-corrected chi connectivity index (χ2v) is 8.13. The summed E-state index contributed by atoms with van der Waals surface area (Å²) in [5.74, 6) is 0.0674. The third-order valence-electron chi connectivity index (χ3n) is 5.04. The first-order valence-corrected chi connectivity index (χ1v) is 10.5. The molecule has 1 unspecified atom stereocenters. The van der Waals surface area contributed by atoms with E-state index < -0.39 is 0 Å². The van der Waals surface area contributed by atoms with Crippen molar-refractivity contribution in [3.05, 3.63) is 40.9 Å². The van der Waals surface area contributed by atoms with Crippen molar-refractivity contribution in [3.8, 4) is 10.6 Å². The van der Waals surface area contributed by atoms with E-state index in [1.54, 1.807) is 11.3 Å². The number of hydrogen-bond donors (Lipinski definition) is 1. The summed E-state index contributed by atoms with van der Waals surface area (Å²) in [6.07, 6.45) is 5.35. The van der Waals surface area contributed by atoms with Crippen LogP contribution >= 0.6 is 11.3 Å². The van der Waals surface area contributed by atoms with E-state index in [1.165, 1.54) is 31.4 Å². The molecule has 26 heavy (non-hydrogen) atoms. The molecule has 0 spiro atoms. The van der Waals surface area contributed by atoms with Gasteiger partial charge in [-0.25, -0.2) is 4.98 Å². The number of piperidine rings is 1. The van der Waals surface area contributed by atoms with Gasteiger partial charge in [0, 0.05) is 30.1 Å². The van der Waals surface area contributed by atoms with Crippen molar-refractivity contribution < 1.29 is 4.79 Å². The minimum Gasteiger partial charge on any atom is -0.356 e. The Hall–Kier alpha value is -1.72. The number of benzene rings is 1. The summed E-state index contributed by atoms with van der Waals surface area (Å²) in [5.41, 5.74) is 3.20. The van der Waals surface area contributed by atoms with Gasteiger partial charge < -0.3 is 10.2 Å². The molecule has 1 fully saturated rings. The normalized spacial score (nSPS) is 18.0. The molecule has 1 aliphatic rings. The molecule has 0 bridgehead atoms. The number of aryl methyl sites for hydroxylation is 1. The first-order valence-electron chi connectivity index (χ1n) is 9.64. The smallest absolute Gasteiger partial charge is 0.226 e. The number of thiazole rings is 1. The third kappa shape index (κ3) is 5.39. The Balaban J connectivity index is 1.41. The van der Waals surface area contributed by atoms with Crippen LogP contribution < -0.4 is 5.32 Å². The number of aromatic nitrogens is 1. The Bertz CT molecular complexity index is 728. The summed E-state index contributed by atoms with van der Waals surface area (Å²) in [6.45, 7) is 7.42. The summed E-state index contributed by atoms with van der Waals surface area (Å²) < 4.78 is 0. The highest BCUT2D eigenvalue weighted by atomic mass is 32.1. The lowest BCUT2D eigenvalue weighted by molar-refractivity contribution is -0.120. The molecule has 0 radical (unpaired) electrons. The molecular weight excluding hydrogens is 342 g/mol. The molecule has 2 aromatic rings. The van der Waals surface area contributed by atoms with E-state index in [0.717, 1.165) is 35.8 Å². The maximum absolute atomic E-state index is 12.2. The Kier molecular flexibility index (Phi) is 6.80. The zero-order chi connectivity index (χ0) is 18.4. The fraction of sp³-hybridized carbons (Fsp3) is 0.524. The predicted molar refractivity (Wildman–Crippen MR) is 109 cm³/mol. The van der Waals surface area contributed by atoms with Gasteiger partial charge in [-0.1, -0.05) is 30.2 Å². The van der Waals surface area contributed by atoms with Crippen LogP contribution in [0.4, 0.5) is 0 Å². The number of amides is 1. The number of nitrogens with one attached hydrogen (secondary N) is 1. The van der Waals surface area contributed by atoms with Gasteiger partial charge in [-0.15, -0.1) is 11.3 Å². The Morgan fingerprint density at radius 1 is 1.38 bits per heavy atom. The molecule has 1 amide bonds. The van der Waals surface area contributed by atoms with Gasteiger partial charge in [-0.05, 0) is 45.7 Å². The van der Waals surface area contributed by atoms with Gasteiger partial charge in [0.25, 0.3) is 0 Å². The van der Waals surface area contributed by atoms with Crippen LogP contribution in [0.2, 0.25) is 0 Å². The highest BCUT2D eigenvalue weighted by Gasteiger charge is 2.17. The van der Waals surface area contributed by atoms with E-state index in [-0.39, 0.29) is 5.91 Å². The molecule has 1 saturated heterocycles. The van der Waals surface area contributed by atoms with Crippen LogP contribution in [0.1, 0.15) is 43.9 Å². The Labute approximate surface area is 160 Å². The number of hydrogen-bond acceptors (Lipinski definition) is 4. The number of nitrogens with zero attached hydrogens (tertiary/aromatic N) is 2. The lowest BCUT2D eigenvalue weighted by atomic mass is 10.0. The average molecular weight is 372 g/mol. The van der Waals surface area contributed by atoms with Crippen molar-refractivity contribution in [2.75, 3.05) is 19.6 Å². The Morgan fingerprint density at radius 2 is 2.27 bits per heavy atom. The SMILES string of the molecule is Cc1cccc(-c2nc(CC(=O)NCCCN3CCCCC3C)cs2)c1. The molecular formula is C21H29N3OS. The molecule has 0 aliphatic carbocycles. The van der Waals surface area contributed by atoms with Gasteiger partial charge >= 0.3 is 0 Å². The van der Waals surface area contributed by atoms with Gasteiger partial charge in [-0.2, -0.15) is 0 Å². The summed E-state index contributed by atoms with van der Waals surface area (Å²) >= 11 is 1.60. The van der Waals surface area contributed by atoms with Gasteiger partial charge in [0.1, 0.15) is 5.01 Å². The molecule has 1 aromatic carbocycles. The van der Waals surface area contributed by atoms with Crippen molar-refractivity contribution in [2.45, 2.75) is 52.0 Å². The number of rotatable bonds is 7. The van der Waals surface area contributed by atoms with Crippen LogP contribution in [0.5, 0.6) is 0 Å². The van der Waals surface area contributed by atoms with Crippen LogP contribution in [0.25, 0.3) is 10.6 Å². The summed E-state index contributed by atoms with van der Waals surface area (Å²) in [5, 5.41) is 6.02. The lowest BCUT2D eigenvalue weighted by Crippen LogP contribution is -2.39. The molecule has 5 heteroatoms. The fourth-order valence-electron chi connectivity index (χ4n) is 3.53. The van der Waals surface area contributed by atoms with E-state index in [4.69, 9.17) is 0 Å². The van der Waals surface area contributed by atoms with Gasteiger partial charge in [0.05, 0.1) is 12.1 Å². The van der Waals surface area contributed by atoms with E-state index in [0.29, 0.717) is 12.5 Å². The van der Waals surface area contributed by atoms with Crippen LogP contribution in [0, 0.1) is 6.92 Å². The zero-order valence-corrected chi connectivity index (χ0v) is 16.6. The number of likely N-dealkylation sites (tertiary alicyclic amines) is 1. The molecule has 1 N–H and O–H groups in total. The minimum absolute atomic E-state index is 0.0674. The maximum Gasteiger partial charge on any atom is 0.226 e. The topological polar surface area (TPSA) is 45.2 Å². The second-order valence-electron chi connectivity index (χ2n) is 7.27.